The normalized spacial score (nSPS) is 28.9. The predicted octanol–water partition coefficient (Wildman–Crippen LogP) is 2.27. The number of anilines is 1. The summed E-state index contributed by atoms with van der Waals surface area (Å²) in [5, 5.41) is 3.21. The van der Waals surface area contributed by atoms with E-state index in [1.807, 2.05) is 12.1 Å². The van der Waals surface area contributed by atoms with Crippen molar-refractivity contribution in [3.8, 4) is 0 Å². The topological polar surface area (TPSA) is 58.4 Å². The highest BCUT2D eigenvalue weighted by Crippen LogP contribution is 2.29. The van der Waals surface area contributed by atoms with Crippen LogP contribution in [0.5, 0.6) is 0 Å². The molecule has 1 heterocycles. The van der Waals surface area contributed by atoms with Gasteiger partial charge in [0.1, 0.15) is 0 Å². The molecule has 21 heavy (non-hydrogen) atoms. The van der Waals surface area contributed by atoms with E-state index in [0.29, 0.717) is 0 Å². The Morgan fingerprint density at radius 3 is 2.81 bits per heavy atom. The molecule has 3 rings (SSSR count). The molecule has 0 radical (unpaired) electrons. The van der Waals surface area contributed by atoms with Crippen LogP contribution in [0, 0.1) is 5.92 Å². The molecule has 5 heteroatoms. The molecule has 1 aromatic rings. The van der Waals surface area contributed by atoms with E-state index in [4.69, 9.17) is 5.73 Å². The summed E-state index contributed by atoms with van der Waals surface area (Å²) in [4.78, 5) is 14.6. The van der Waals surface area contributed by atoms with Crippen LogP contribution < -0.4 is 16.0 Å². The number of rotatable bonds is 3. The van der Waals surface area contributed by atoms with Gasteiger partial charge in [0.15, 0.2) is 0 Å². The number of nitrogens with two attached hydrogens (primary N) is 1. The second-order valence-electron chi connectivity index (χ2n) is 6.16. The van der Waals surface area contributed by atoms with Crippen molar-refractivity contribution < 1.29 is 4.79 Å². The maximum absolute atomic E-state index is 12.3. The van der Waals surface area contributed by atoms with Gasteiger partial charge in [-0.1, -0.05) is 12.1 Å². The van der Waals surface area contributed by atoms with Gasteiger partial charge < -0.3 is 16.0 Å². The van der Waals surface area contributed by atoms with E-state index in [9.17, 15) is 4.79 Å². The third-order valence-electron chi connectivity index (χ3n) is 4.57. The van der Waals surface area contributed by atoms with Crippen molar-refractivity contribution >= 4 is 27.5 Å². The highest BCUT2D eigenvalue weighted by molar-refractivity contribution is 9.10. The Balaban J connectivity index is 1.55. The molecule has 2 fully saturated rings. The number of benzene rings is 1. The van der Waals surface area contributed by atoms with E-state index in [0.717, 1.165) is 43.2 Å². The number of hydrogen-bond donors (Lipinski definition) is 2. The molecule has 2 aliphatic rings. The molecule has 0 bridgehead atoms. The summed E-state index contributed by atoms with van der Waals surface area (Å²) >= 11 is 3.59. The van der Waals surface area contributed by atoms with Gasteiger partial charge in [0.2, 0.25) is 5.91 Å². The van der Waals surface area contributed by atoms with E-state index < -0.39 is 0 Å². The van der Waals surface area contributed by atoms with E-state index >= 15 is 0 Å². The van der Waals surface area contributed by atoms with Crippen molar-refractivity contribution in [2.75, 3.05) is 18.0 Å². The number of nitrogens with zero attached hydrogens (tertiary/aromatic N) is 1. The highest BCUT2D eigenvalue weighted by atomic mass is 79.9. The standard InChI is InChI=1S/C16H22BrN3O/c17-14-3-1-2-4-15(14)20-8-7-13(10-20)19-16(21)11-5-6-12(18)9-11/h1-4,11-13H,5-10,18H2,(H,19,21). The van der Waals surface area contributed by atoms with Crippen molar-refractivity contribution in [2.24, 2.45) is 11.7 Å². The molecule has 114 valence electrons. The van der Waals surface area contributed by atoms with Crippen LogP contribution in [0.25, 0.3) is 0 Å². The fourth-order valence-electron chi connectivity index (χ4n) is 3.38. The molecular formula is C16H22BrN3O. The molecule has 0 aromatic heterocycles. The van der Waals surface area contributed by atoms with Crippen LogP contribution in [0.3, 0.4) is 0 Å². The minimum absolute atomic E-state index is 0.123. The zero-order valence-electron chi connectivity index (χ0n) is 12.1. The van der Waals surface area contributed by atoms with Gasteiger partial charge in [-0.15, -0.1) is 0 Å². The smallest absolute Gasteiger partial charge is 0.223 e. The first-order chi connectivity index (χ1) is 10.1. The molecule has 1 saturated carbocycles. The number of carbonyl (C=O) groups is 1. The fourth-order valence-corrected chi connectivity index (χ4v) is 3.91. The lowest BCUT2D eigenvalue weighted by Gasteiger charge is -2.21. The van der Waals surface area contributed by atoms with Crippen LogP contribution >= 0.6 is 15.9 Å². The molecule has 0 spiro atoms. The first-order valence-electron chi connectivity index (χ1n) is 7.69. The Hall–Kier alpha value is -1.07. The zero-order valence-corrected chi connectivity index (χ0v) is 13.7. The fraction of sp³-hybridized carbons (Fsp3) is 0.562. The van der Waals surface area contributed by atoms with Crippen molar-refractivity contribution in [3.63, 3.8) is 0 Å². The summed E-state index contributed by atoms with van der Waals surface area (Å²) in [6, 6.07) is 8.70. The van der Waals surface area contributed by atoms with Gasteiger partial charge in [-0.2, -0.15) is 0 Å². The summed E-state index contributed by atoms with van der Waals surface area (Å²) in [6.07, 6.45) is 3.76. The van der Waals surface area contributed by atoms with Gasteiger partial charge in [-0.3, -0.25) is 4.79 Å². The van der Waals surface area contributed by atoms with E-state index in [1.165, 1.54) is 5.69 Å². The Kier molecular flexibility index (Phi) is 4.50. The SMILES string of the molecule is NC1CCC(C(=O)NC2CCN(c3ccccc3Br)C2)C1. The zero-order chi connectivity index (χ0) is 14.8. The Bertz CT molecular complexity index is 522. The molecular weight excluding hydrogens is 330 g/mol. The first-order valence-corrected chi connectivity index (χ1v) is 8.48. The van der Waals surface area contributed by atoms with Crippen LogP contribution in [0.2, 0.25) is 0 Å². The van der Waals surface area contributed by atoms with Gasteiger partial charge in [0.25, 0.3) is 0 Å². The Labute approximate surface area is 134 Å². The third-order valence-corrected chi connectivity index (χ3v) is 5.24. The number of amides is 1. The maximum atomic E-state index is 12.3. The van der Waals surface area contributed by atoms with Gasteiger partial charge in [-0.25, -0.2) is 0 Å². The Morgan fingerprint density at radius 2 is 2.10 bits per heavy atom. The van der Waals surface area contributed by atoms with Crippen molar-refractivity contribution in [1.82, 2.24) is 5.32 Å². The molecule has 1 saturated heterocycles. The first kappa shape index (κ1) is 14.9. The minimum atomic E-state index is 0.123. The quantitative estimate of drug-likeness (QED) is 0.878. The molecule has 3 N–H and O–H groups in total. The van der Waals surface area contributed by atoms with Crippen LogP contribution in [0.15, 0.2) is 28.7 Å². The summed E-state index contributed by atoms with van der Waals surface area (Å²) in [7, 11) is 0. The van der Waals surface area contributed by atoms with E-state index in [1.54, 1.807) is 0 Å². The van der Waals surface area contributed by atoms with Crippen molar-refractivity contribution in [3.05, 3.63) is 28.7 Å². The summed E-state index contributed by atoms with van der Waals surface area (Å²) in [5.41, 5.74) is 7.10. The minimum Gasteiger partial charge on any atom is -0.368 e. The molecule has 3 unspecified atom stereocenters. The van der Waals surface area contributed by atoms with Crippen molar-refractivity contribution in [1.29, 1.82) is 0 Å². The second kappa shape index (κ2) is 6.36. The van der Waals surface area contributed by atoms with Crippen LogP contribution in [-0.4, -0.2) is 31.1 Å². The molecule has 1 amide bonds. The third kappa shape index (κ3) is 3.40. The predicted molar refractivity (Wildman–Crippen MR) is 88.2 cm³/mol. The summed E-state index contributed by atoms with van der Waals surface area (Å²) in [6.45, 7) is 1.87. The van der Waals surface area contributed by atoms with Gasteiger partial charge in [-0.05, 0) is 53.7 Å². The summed E-state index contributed by atoms with van der Waals surface area (Å²) < 4.78 is 1.11. The molecule has 1 aromatic carbocycles. The number of nitrogens with one attached hydrogen (secondary N) is 1. The monoisotopic (exact) mass is 351 g/mol. The number of halogens is 1. The largest absolute Gasteiger partial charge is 0.368 e. The van der Waals surface area contributed by atoms with Gasteiger partial charge in [0, 0.05) is 35.6 Å². The molecule has 1 aliphatic heterocycles. The Morgan fingerprint density at radius 1 is 1.29 bits per heavy atom. The van der Waals surface area contributed by atoms with E-state index in [2.05, 4.69) is 38.3 Å². The molecule has 3 atom stereocenters. The molecule has 4 nitrogen and oxygen atoms in total. The number of carbonyl (C=O) groups excluding carboxylic acids is 1. The highest BCUT2D eigenvalue weighted by Gasteiger charge is 2.31. The van der Waals surface area contributed by atoms with Crippen molar-refractivity contribution in [2.45, 2.75) is 37.8 Å². The second-order valence-corrected chi connectivity index (χ2v) is 7.02. The summed E-state index contributed by atoms with van der Waals surface area (Å²) in [5.74, 6) is 0.319. The molecule has 1 aliphatic carbocycles. The maximum Gasteiger partial charge on any atom is 0.223 e. The lowest BCUT2D eigenvalue weighted by molar-refractivity contribution is -0.125. The van der Waals surface area contributed by atoms with E-state index in [-0.39, 0.29) is 23.9 Å². The van der Waals surface area contributed by atoms with Gasteiger partial charge >= 0.3 is 0 Å². The van der Waals surface area contributed by atoms with Gasteiger partial charge in [0.05, 0.1) is 5.69 Å². The van der Waals surface area contributed by atoms with Crippen LogP contribution in [0.4, 0.5) is 5.69 Å². The number of para-hydroxylation sites is 1. The lowest BCUT2D eigenvalue weighted by atomic mass is 10.1. The van der Waals surface area contributed by atoms with Crippen LogP contribution in [-0.2, 0) is 4.79 Å². The number of hydrogen-bond acceptors (Lipinski definition) is 3. The lowest BCUT2D eigenvalue weighted by Crippen LogP contribution is -2.40. The average molecular weight is 352 g/mol. The van der Waals surface area contributed by atoms with Crippen LogP contribution in [0.1, 0.15) is 25.7 Å². The average Bonchev–Trinajstić information content (AvgIpc) is 3.08.